The Kier molecular flexibility index (Phi) is 5.06. The summed E-state index contributed by atoms with van der Waals surface area (Å²) in [4.78, 5) is 2.42. The highest BCUT2D eigenvalue weighted by atomic mass is 16.3. The van der Waals surface area contributed by atoms with E-state index < -0.39 is 0 Å². The van der Waals surface area contributed by atoms with E-state index in [2.05, 4.69) is 62.2 Å². The zero-order chi connectivity index (χ0) is 17.1. The minimum absolute atomic E-state index is 0.353. The number of likely N-dealkylation sites (N-methyl/N-ethyl adjacent to an activating group) is 1. The molecule has 0 amide bonds. The van der Waals surface area contributed by atoms with Crippen LogP contribution >= 0.6 is 0 Å². The Labute approximate surface area is 145 Å². The van der Waals surface area contributed by atoms with Crippen molar-refractivity contribution in [1.29, 1.82) is 0 Å². The van der Waals surface area contributed by atoms with Gasteiger partial charge in [0.2, 0.25) is 0 Å². The van der Waals surface area contributed by atoms with Gasteiger partial charge in [-0.2, -0.15) is 0 Å². The van der Waals surface area contributed by atoms with Crippen LogP contribution in [0.5, 0.6) is 5.75 Å². The number of hydrogen-bond acceptors (Lipinski definition) is 2. The number of aromatic hydroxyl groups is 1. The van der Waals surface area contributed by atoms with Crippen LogP contribution in [0.3, 0.4) is 0 Å². The average molecular weight is 321 g/mol. The van der Waals surface area contributed by atoms with Crippen molar-refractivity contribution < 1.29 is 5.11 Å². The van der Waals surface area contributed by atoms with Crippen LogP contribution in [0.25, 0.3) is 5.57 Å². The van der Waals surface area contributed by atoms with Crippen molar-refractivity contribution in [1.82, 2.24) is 4.90 Å². The Morgan fingerprint density at radius 3 is 2.46 bits per heavy atom. The summed E-state index contributed by atoms with van der Waals surface area (Å²) in [6, 6.07) is 14.9. The molecular formula is C22H27NO. The molecule has 1 saturated heterocycles. The van der Waals surface area contributed by atoms with Gasteiger partial charge in [-0.15, -0.1) is 0 Å². The third kappa shape index (κ3) is 3.70. The standard InChI is InChI=1S/C22H27NO/c1-16-7-10-18(11-8-16)20(15-19-6-4-5-13-23(19)3)21-14-17(2)9-12-22(21)24/h7-12,14-15,19,24H,4-6,13H2,1-3H3/b20-15+. The molecular weight excluding hydrogens is 294 g/mol. The Morgan fingerprint density at radius 2 is 1.75 bits per heavy atom. The molecule has 1 aliphatic rings. The number of benzene rings is 2. The normalized spacial score (nSPS) is 19.5. The van der Waals surface area contributed by atoms with Crippen LogP contribution < -0.4 is 0 Å². The summed E-state index contributed by atoms with van der Waals surface area (Å²) in [6.45, 7) is 5.32. The van der Waals surface area contributed by atoms with Crippen LogP contribution in [0.4, 0.5) is 0 Å². The number of piperidine rings is 1. The second-order valence-electron chi connectivity index (χ2n) is 7.01. The summed E-state index contributed by atoms with van der Waals surface area (Å²) in [7, 11) is 2.20. The van der Waals surface area contributed by atoms with Crippen molar-refractivity contribution in [3.05, 3.63) is 70.8 Å². The van der Waals surface area contributed by atoms with Gasteiger partial charge >= 0.3 is 0 Å². The first-order valence-electron chi connectivity index (χ1n) is 8.83. The van der Waals surface area contributed by atoms with E-state index in [1.54, 1.807) is 6.07 Å². The Morgan fingerprint density at radius 1 is 1.04 bits per heavy atom. The van der Waals surface area contributed by atoms with Gasteiger partial charge in [-0.05, 0) is 63.6 Å². The molecule has 3 rings (SSSR count). The van der Waals surface area contributed by atoms with Crippen LogP contribution in [0.2, 0.25) is 0 Å². The fourth-order valence-corrected chi connectivity index (χ4v) is 3.44. The topological polar surface area (TPSA) is 23.5 Å². The Balaban J connectivity index is 2.09. The monoisotopic (exact) mass is 321 g/mol. The summed E-state index contributed by atoms with van der Waals surface area (Å²) in [5.74, 6) is 0.353. The largest absolute Gasteiger partial charge is 0.507 e. The maximum absolute atomic E-state index is 10.5. The molecule has 1 N–H and O–H groups in total. The molecule has 0 spiro atoms. The van der Waals surface area contributed by atoms with Crippen LogP contribution in [-0.2, 0) is 0 Å². The van der Waals surface area contributed by atoms with E-state index in [0.717, 1.165) is 23.2 Å². The fourth-order valence-electron chi connectivity index (χ4n) is 3.44. The highest BCUT2D eigenvalue weighted by Crippen LogP contribution is 2.33. The Bertz CT molecular complexity index is 730. The van der Waals surface area contributed by atoms with Crippen molar-refractivity contribution in [3.8, 4) is 5.75 Å². The molecule has 1 aliphatic heterocycles. The van der Waals surface area contributed by atoms with E-state index in [1.807, 2.05) is 6.07 Å². The molecule has 0 radical (unpaired) electrons. The number of nitrogens with zero attached hydrogens (tertiary/aromatic N) is 1. The van der Waals surface area contributed by atoms with Crippen molar-refractivity contribution in [2.75, 3.05) is 13.6 Å². The van der Waals surface area contributed by atoms with E-state index in [0.29, 0.717) is 11.8 Å². The first kappa shape index (κ1) is 16.8. The highest BCUT2D eigenvalue weighted by Gasteiger charge is 2.19. The lowest BCUT2D eigenvalue weighted by Gasteiger charge is -2.31. The lowest BCUT2D eigenvalue weighted by Crippen LogP contribution is -2.34. The predicted octanol–water partition coefficient (Wildman–Crippen LogP) is 4.93. The molecule has 2 aromatic carbocycles. The summed E-state index contributed by atoms with van der Waals surface area (Å²) >= 11 is 0. The number of likely N-dealkylation sites (tertiary alicyclic amines) is 1. The lowest BCUT2D eigenvalue weighted by atomic mass is 9.91. The minimum Gasteiger partial charge on any atom is -0.507 e. The molecule has 1 atom stereocenters. The number of phenolic OH excluding ortho intramolecular Hbond substituents is 1. The van der Waals surface area contributed by atoms with Crippen LogP contribution in [0.15, 0.2) is 48.5 Å². The first-order valence-corrected chi connectivity index (χ1v) is 8.83. The van der Waals surface area contributed by atoms with E-state index >= 15 is 0 Å². The second-order valence-corrected chi connectivity index (χ2v) is 7.01. The summed E-state index contributed by atoms with van der Waals surface area (Å²) in [6.07, 6.45) is 6.07. The van der Waals surface area contributed by atoms with Gasteiger partial charge in [-0.25, -0.2) is 0 Å². The predicted molar refractivity (Wildman–Crippen MR) is 101 cm³/mol. The average Bonchev–Trinajstić information content (AvgIpc) is 2.58. The molecule has 1 fully saturated rings. The van der Waals surface area contributed by atoms with E-state index in [9.17, 15) is 5.11 Å². The molecule has 2 nitrogen and oxygen atoms in total. The van der Waals surface area contributed by atoms with Gasteiger partial charge in [0.1, 0.15) is 5.75 Å². The maximum Gasteiger partial charge on any atom is 0.123 e. The third-order valence-corrected chi connectivity index (χ3v) is 4.99. The van der Waals surface area contributed by atoms with Gasteiger partial charge in [0, 0.05) is 11.6 Å². The smallest absolute Gasteiger partial charge is 0.123 e. The number of hydrogen-bond donors (Lipinski definition) is 1. The van der Waals surface area contributed by atoms with Crippen LogP contribution in [-0.4, -0.2) is 29.6 Å². The van der Waals surface area contributed by atoms with Gasteiger partial charge in [0.05, 0.1) is 0 Å². The number of aryl methyl sites for hydroxylation is 2. The van der Waals surface area contributed by atoms with Crippen molar-refractivity contribution in [3.63, 3.8) is 0 Å². The van der Waals surface area contributed by atoms with Crippen molar-refractivity contribution in [2.45, 2.75) is 39.2 Å². The molecule has 0 aliphatic carbocycles. The van der Waals surface area contributed by atoms with Gasteiger partial charge in [0.15, 0.2) is 0 Å². The molecule has 126 valence electrons. The SMILES string of the molecule is Cc1ccc(/C(=C\C2CCCCN2C)c2cc(C)ccc2O)cc1. The van der Waals surface area contributed by atoms with Gasteiger partial charge in [-0.3, -0.25) is 4.90 Å². The highest BCUT2D eigenvalue weighted by molar-refractivity contribution is 5.83. The first-order chi connectivity index (χ1) is 11.5. The van der Waals surface area contributed by atoms with Gasteiger partial charge < -0.3 is 5.11 Å². The molecule has 24 heavy (non-hydrogen) atoms. The molecule has 1 heterocycles. The van der Waals surface area contributed by atoms with E-state index in [1.165, 1.54) is 30.4 Å². The molecule has 0 bridgehead atoms. The zero-order valence-corrected chi connectivity index (χ0v) is 14.9. The minimum atomic E-state index is 0.353. The fraction of sp³-hybridized carbons (Fsp3) is 0.364. The van der Waals surface area contributed by atoms with Crippen molar-refractivity contribution in [2.24, 2.45) is 0 Å². The van der Waals surface area contributed by atoms with Crippen LogP contribution in [0, 0.1) is 13.8 Å². The lowest BCUT2D eigenvalue weighted by molar-refractivity contribution is 0.222. The van der Waals surface area contributed by atoms with Gasteiger partial charge in [-0.1, -0.05) is 54.0 Å². The summed E-state index contributed by atoms with van der Waals surface area (Å²) in [5, 5.41) is 10.5. The maximum atomic E-state index is 10.5. The molecule has 2 heteroatoms. The van der Waals surface area contributed by atoms with Crippen LogP contribution in [0.1, 0.15) is 41.5 Å². The number of phenols is 1. The molecule has 0 aromatic heterocycles. The summed E-state index contributed by atoms with van der Waals surface area (Å²) < 4.78 is 0. The number of rotatable bonds is 3. The van der Waals surface area contributed by atoms with Gasteiger partial charge in [0.25, 0.3) is 0 Å². The Hall–Kier alpha value is -2.06. The summed E-state index contributed by atoms with van der Waals surface area (Å²) in [5.41, 5.74) is 5.65. The van der Waals surface area contributed by atoms with Crippen molar-refractivity contribution >= 4 is 5.57 Å². The third-order valence-electron chi connectivity index (χ3n) is 4.99. The molecule has 1 unspecified atom stereocenters. The molecule has 0 saturated carbocycles. The van der Waals surface area contributed by atoms with E-state index in [-0.39, 0.29) is 0 Å². The van der Waals surface area contributed by atoms with E-state index in [4.69, 9.17) is 0 Å². The quantitative estimate of drug-likeness (QED) is 0.867. The molecule has 2 aromatic rings. The zero-order valence-electron chi connectivity index (χ0n) is 14.9. The second kappa shape index (κ2) is 7.23.